The number of carbonyl (C=O) groups excluding carboxylic acids is 1. The molecule has 0 bridgehead atoms. The Balaban J connectivity index is 1.94. The number of hydrogen-bond acceptors (Lipinski definition) is 6. The highest BCUT2D eigenvalue weighted by Crippen LogP contribution is 2.14. The number of aromatic carboxylic acids is 1. The number of nitrogens with zero attached hydrogens (tertiary/aromatic N) is 2. The van der Waals surface area contributed by atoms with E-state index in [1.54, 1.807) is 17.0 Å². The number of benzene rings is 1. The van der Waals surface area contributed by atoms with Gasteiger partial charge in [-0.2, -0.15) is 8.42 Å². The zero-order valence-corrected chi connectivity index (χ0v) is 14.2. The lowest BCUT2D eigenvalue weighted by Gasteiger charge is -2.35. The van der Waals surface area contributed by atoms with Gasteiger partial charge in [0.1, 0.15) is 5.75 Å². The molecule has 10 heteroatoms. The lowest BCUT2D eigenvalue weighted by molar-refractivity contribution is 0.0545. The SMILES string of the molecule is O=C(O)c1ccccc1C(=O)N1CCN(C[C@@H](O)CS(=O)(=O)O)CC1. The van der Waals surface area contributed by atoms with E-state index >= 15 is 0 Å². The van der Waals surface area contributed by atoms with E-state index in [0.29, 0.717) is 26.2 Å². The van der Waals surface area contributed by atoms with Gasteiger partial charge in [-0.3, -0.25) is 14.2 Å². The summed E-state index contributed by atoms with van der Waals surface area (Å²) in [4.78, 5) is 27.0. The van der Waals surface area contributed by atoms with E-state index in [9.17, 15) is 28.2 Å². The largest absolute Gasteiger partial charge is 0.478 e. The molecule has 25 heavy (non-hydrogen) atoms. The number of rotatable bonds is 6. The summed E-state index contributed by atoms with van der Waals surface area (Å²) < 4.78 is 30.2. The van der Waals surface area contributed by atoms with Gasteiger partial charge in [-0.1, -0.05) is 12.1 Å². The lowest BCUT2D eigenvalue weighted by Crippen LogP contribution is -2.51. The topological polar surface area (TPSA) is 135 Å². The van der Waals surface area contributed by atoms with Crippen molar-refractivity contribution in [3.63, 3.8) is 0 Å². The summed E-state index contributed by atoms with van der Waals surface area (Å²) in [7, 11) is -4.24. The van der Waals surface area contributed by atoms with Crippen LogP contribution in [0.5, 0.6) is 0 Å². The minimum Gasteiger partial charge on any atom is -0.478 e. The summed E-state index contributed by atoms with van der Waals surface area (Å²) in [6, 6.07) is 5.99. The molecule has 9 nitrogen and oxygen atoms in total. The van der Waals surface area contributed by atoms with Gasteiger partial charge in [0.05, 0.1) is 17.2 Å². The van der Waals surface area contributed by atoms with E-state index in [0.717, 1.165) is 0 Å². The summed E-state index contributed by atoms with van der Waals surface area (Å²) in [5.41, 5.74) is 0.0633. The molecule has 2 rings (SSSR count). The van der Waals surface area contributed by atoms with Gasteiger partial charge in [-0.15, -0.1) is 0 Å². The van der Waals surface area contributed by atoms with Gasteiger partial charge in [0.25, 0.3) is 16.0 Å². The van der Waals surface area contributed by atoms with Crippen LogP contribution in [0.3, 0.4) is 0 Å². The van der Waals surface area contributed by atoms with Crippen LogP contribution in [0.2, 0.25) is 0 Å². The van der Waals surface area contributed by atoms with Crippen LogP contribution in [0.15, 0.2) is 24.3 Å². The van der Waals surface area contributed by atoms with E-state index in [1.807, 2.05) is 0 Å². The second-order valence-corrected chi connectivity index (χ2v) is 7.34. The van der Waals surface area contributed by atoms with Crippen molar-refractivity contribution in [1.29, 1.82) is 0 Å². The van der Waals surface area contributed by atoms with Crippen LogP contribution in [0.1, 0.15) is 20.7 Å². The van der Waals surface area contributed by atoms with Gasteiger partial charge in [0.15, 0.2) is 0 Å². The summed E-state index contributed by atoms with van der Waals surface area (Å²) in [5.74, 6) is -2.29. The Labute approximate surface area is 145 Å². The molecular formula is C15H20N2O7S. The van der Waals surface area contributed by atoms with Crippen molar-refractivity contribution >= 4 is 22.0 Å². The number of carbonyl (C=O) groups is 2. The molecule has 1 saturated heterocycles. The van der Waals surface area contributed by atoms with Crippen molar-refractivity contribution < 1.29 is 32.8 Å². The molecule has 1 aromatic carbocycles. The van der Waals surface area contributed by atoms with Gasteiger partial charge < -0.3 is 15.1 Å². The van der Waals surface area contributed by atoms with Crippen molar-refractivity contribution in [2.24, 2.45) is 0 Å². The third-order valence-electron chi connectivity index (χ3n) is 3.92. The molecule has 1 heterocycles. The standard InChI is InChI=1S/C15H20N2O7S/c18-11(10-25(22,23)24)9-16-5-7-17(8-6-16)14(19)12-3-1-2-4-13(12)15(20)21/h1-4,11,18H,5-10H2,(H,20,21)(H,22,23,24)/t11-/m1/s1. The maximum absolute atomic E-state index is 12.5. The van der Waals surface area contributed by atoms with Gasteiger partial charge >= 0.3 is 5.97 Å². The maximum Gasteiger partial charge on any atom is 0.336 e. The van der Waals surface area contributed by atoms with Gasteiger partial charge in [0.2, 0.25) is 0 Å². The molecule has 0 spiro atoms. The second kappa shape index (κ2) is 7.91. The van der Waals surface area contributed by atoms with E-state index < -0.39 is 27.9 Å². The first-order chi connectivity index (χ1) is 11.7. The third kappa shape index (κ3) is 5.49. The molecule has 0 saturated carbocycles. The van der Waals surface area contributed by atoms with E-state index in [-0.39, 0.29) is 23.6 Å². The molecule has 0 aliphatic carbocycles. The molecule has 1 aliphatic heterocycles. The van der Waals surface area contributed by atoms with Crippen LogP contribution in [-0.2, 0) is 10.1 Å². The zero-order chi connectivity index (χ0) is 18.6. The number of piperazine rings is 1. The quantitative estimate of drug-likeness (QED) is 0.563. The number of aliphatic hydroxyl groups excluding tert-OH is 1. The Morgan fingerprint density at radius 1 is 1.08 bits per heavy atom. The molecule has 1 atom stereocenters. The van der Waals surface area contributed by atoms with Crippen LogP contribution in [0.25, 0.3) is 0 Å². The van der Waals surface area contributed by atoms with Gasteiger partial charge in [-0.25, -0.2) is 4.79 Å². The molecule has 1 fully saturated rings. The minimum absolute atomic E-state index is 0.0569. The van der Waals surface area contributed by atoms with E-state index in [4.69, 9.17) is 4.55 Å². The molecule has 0 aromatic heterocycles. The van der Waals surface area contributed by atoms with Gasteiger partial charge in [-0.05, 0) is 12.1 Å². The summed E-state index contributed by atoms with van der Waals surface area (Å²) in [6.07, 6.45) is -1.22. The number of hydrogen-bond donors (Lipinski definition) is 3. The number of amides is 1. The van der Waals surface area contributed by atoms with E-state index in [1.165, 1.54) is 17.0 Å². The molecule has 1 aromatic rings. The van der Waals surface area contributed by atoms with Crippen molar-refractivity contribution in [1.82, 2.24) is 9.80 Å². The van der Waals surface area contributed by atoms with Gasteiger partial charge in [0, 0.05) is 32.7 Å². The first kappa shape index (κ1) is 19.3. The fraction of sp³-hybridized carbons (Fsp3) is 0.467. The van der Waals surface area contributed by atoms with E-state index in [2.05, 4.69) is 0 Å². The summed E-state index contributed by atoms with van der Waals surface area (Å²) in [5, 5.41) is 18.8. The monoisotopic (exact) mass is 372 g/mol. The second-order valence-electron chi connectivity index (χ2n) is 5.85. The highest BCUT2D eigenvalue weighted by molar-refractivity contribution is 7.85. The number of carboxylic acid groups (broad SMARTS) is 1. The average Bonchev–Trinajstić information content (AvgIpc) is 2.53. The average molecular weight is 372 g/mol. The highest BCUT2D eigenvalue weighted by atomic mass is 32.2. The Hall–Kier alpha value is -2.01. The van der Waals surface area contributed by atoms with Crippen LogP contribution in [0.4, 0.5) is 0 Å². The minimum atomic E-state index is -4.24. The summed E-state index contributed by atoms with van der Waals surface area (Å²) >= 11 is 0. The predicted molar refractivity (Wildman–Crippen MR) is 88.2 cm³/mol. The van der Waals surface area contributed by atoms with Crippen molar-refractivity contribution in [3.8, 4) is 0 Å². The predicted octanol–water partition coefficient (Wildman–Crippen LogP) is -0.609. The van der Waals surface area contributed by atoms with Crippen molar-refractivity contribution in [3.05, 3.63) is 35.4 Å². The first-order valence-corrected chi connectivity index (χ1v) is 9.25. The van der Waals surface area contributed by atoms with Crippen LogP contribution in [0, 0.1) is 0 Å². The van der Waals surface area contributed by atoms with Crippen molar-refractivity contribution in [2.75, 3.05) is 38.5 Å². The maximum atomic E-state index is 12.5. The fourth-order valence-corrected chi connectivity index (χ4v) is 3.35. The Kier molecular flexibility index (Phi) is 6.11. The molecule has 0 radical (unpaired) electrons. The Morgan fingerprint density at radius 2 is 1.64 bits per heavy atom. The fourth-order valence-electron chi connectivity index (χ4n) is 2.75. The zero-order valence-electron chi connectivity index (χ0n) is 13.4. The normalized spacial score (nSPS) is 17.3. The number of aliphatic hydroxyl groups is 1. The molecule has 0 unspecified atom stereocenters. The third-order valence-corrected chi connectivity index (χ3v) is 4.73. The number of β-amino-alcohol motifs (C(OH)–C–C–N with tert-alkyl or cyclic N) is 1. The van der Waals surface area contributed by atoms with Crippen LogP contribution < -0.4 is 0 Å². The molecule has 1 aliphatic rings. The van der Waals surface area contributed by atoms with Crippen molar-refractivity contribution in [2.45, 2.75) is 6.10 Å². The first-order valence-electron chi connectivity index (χ1n) is 7.64. The lowest BCUT2D eigenvalue weighted by atomic mass is 10.1. The smallest absolute Gasteiger partial charge is 0.336 e. The molecule has 1 amide bonds. The molecule has 138 valence electrons. The Bertz CT molecular complexity index is 742. The molecule has 3 N–H and O–H groups in total. The molecular weight excluding hydrogens is 352 g/mol. The van der Waals surface area contributed by atoms with Crippen LogP contribution in [-0.4, -0.2) is 89.4 Å². The van der Waals surface area contributed by atoms with Crippen LogP contribution >= 0.6 is 0 Å². The number of carboxylic acids is 1. The Morgan fingerprint density at radius 3 is 2.16 bits per heavy atom. The highest BCUT2D eigenvalue weighted by Gasteiger charge is 2.26. The summed E-state index contributed by atoms with van der Waals surface area (Å²) in [6.45, 7) is 1.53.